The minimum absolute atomic E-state index is 0.0822. The van der Waals surface area contributed by atoms with E-state index in [0.717, 1.165) is 44.3 Å². The summed E-state index contributed by atoms with van der Waals surface area (Å²) >= 11 is 1.74. The summed E-state index contributed by atoms with van der Waals surface area (Å²) in [6, 6.07) is -0.207. The largest absolute Gasteiger partial charge is 0.328 e. The summed E-state index contributed by atoms with van der Waals surface area (Å²) in [4.78, 5) is 50.6. The van der Waals surface area contributed by atoms with E-state index < -0.39 is 0 Å². The fourth-order valence-corrected chi connectivity index (χ4v) is 6.62. The number of hydrogen-bond donors (Lipinski definition) is 2. The van der Waals surface area contributed by atoms with Crippen LogP contribution in [0.15, 0.2) is 0 Å². The van der Waals surface area contributed by atoms with E-state index in [1.807, 2.05) is 11.9 Å². The number of carbonyl (C=O) groups is 4. The van der Waals surface area contributed by atoms with Crippen LogP contribution in [0.4, 0.5) is 0 Å². The van der Waals surface area contributed by atoms with Crippen molar-refractivity contribution in [1.82, 2.24) is 20.4 Å². The lowest BCUT2D eigenvalue weighted by Crippen LogP contribution is -2.55. The normalized spacial score (nSPS) is 35.5. The van der Waals surface area contributed by atoms with Crippen LogP contribution in [-0.4, -0.2) is 88.6 Å². The number of nitrogens with zero attached hydrogens (tertiary/aromatic N) is 2. The predicted molar refractivity (Wildman–Crippen MR) is 116 cm³/mol. The van der Waals surface area contributed by atoms with E-state index in [1.54, 1.807) is 37.6 Å². The van der Waals surface area contributed by atoms with E-state index in [0.29, 0.717) is 6.04 Å². The molecule has 6 atom stereocenters. The molecule has 4 fully saturated rings. The molecular formula is C21H34N4O4S. The topological polar surface area (TPSA) is 98.8 Å². The maximum atomic E-state index is 12.1. The highest BCUT2D eigenvalue weighted by Gasteiger charge is 2.45. The number of thioether (sulfide) groups is 1. The molecule has 2 amide bonds. The molecule has 9 heteroatoms. The zero-order valence-electron chi connectivity index (χ0n) is 18.3. The maximum absolute atomic E-state index is 12.1. The van der Waals surface area contributed by atoms with Crippen molar-refractivity contribution in [2.24, 2.45) is 0 Å². The van der Waals surface area contributed by atoms with Crippen molar-refractivity contribution in [3.63, 3.8) is 0 Å². The Labute approximate surface area is 182 Å². The number of Topliss-reactive ketones (excluding diaryl/α,β-unsaturated/α-hetero) is 2. The molecule has 0 radical (unpaired) electrons. The number of amides is 2. The number of hydrogen-bond acceptors (Lipinski definition) is 7. The van der Waals surface area contributed by atoms with Gasteiger partial charge in [-0.3, -0.25) is 19.2 Å². The van der Waals surface area contributed by atoms with Gasteiger partial charge >= 0.3 is 0 Å². The van der Waals surface area contributed by atoms with Gasteiger partial charge in [0.15, 0.2) is 11.6 Å². The number of carbonyl (C=O) groups excluding carboxylic acids is 4. The Bertz CT molecular complexity index is 644. The van der Waals surface area contributed by atoms with Crippen molar-refractivity contribution in [3.8, 4) is 0 Å². The Kier molecular flexibility index (Phi) is 7.57. The first-order chi connectivity index (χ1) is 14.3. The Balaban J connectivity index is 0.000000171. The third kappa shape index (κ3) is 4.43. The van der Waals surface area contributed by atoms with E-state index in [-0.39, 0.29) is 52.9 Å². The molecule has 0 aromatic carbocycles. The molecule has 0 aliphatic carbocycles. The van der Waals surface area contributed by atoms with Gasteiger partial charge in [0.2, 0.25) is 11.8 Å². The second kappa shape index (κ2) is 9.78. The number of rotatable bonds is 4. The number of nitrogens with one attached hydrogen (secondary N) is 2. The first-order valence-corrected chi connectivity index (χ1v) is 12.0. The smallest absolute Gasteiger partial charge is 0.241 e. The van der Waals surface area contributed by atoms with Crippen LogP contribution < -0.4 is 10.6 Å². The molecule has 4 saturated heterocycles. The average Bonchev–Trinajstić information content (AvgIpc) is 3.34. The lowest BCUT2D eigenvalue weighted by atomic mass is 9.98. The van der Waals surface area contributed by atoms with Gasteiger partial charge < -0.3 is 20.4 Å². The molecule has 30 heavy (non-hydrogen) atoms. The van der Waals surface area contributed by atoms with Crippen LogP contribution in [0.2, 0.25) is 0 Å². The number of fused-ring (bicyclic) bond motifs is 2. The van der Waals surface area contributed by atoms with Gasteiger partial charge in [-0.25, -0.2) is 0 Å². The van der Waals surface area contributed by atoms with Crippen molar-refractivity contribution in [2.75, 3.05) is 19.8 Å². The van der Waals surface area contributed by atoms with Crippen molar-refractivity contribution in [3.05, 3.63) is 0 Å². The molecule has 4 rings (SSSR count). The Morgan fingerprint density at radius 3 is 1.90 bits per heavy atom. The SMILES string of the molecule is CNC1CCC2CCC(C(C)=O)N2C1=O.CNC1CCC2SCC(C(C)=O)N2C1=O. The van der Waals surface area contributed by atoms with Crippen LogP contribution in [0.3, 0.4) is 0 Å². The lowest BCUT2D eigenvalue weighted by molar-refractivity contribution is -0.143. The second-order valence-electron chi connectivity index (χ2n) is 8.60. The molecular weight excluding hydrogens is 404 g/mol. The van der Waals surface area contributed by atoms with Gasteiger partial charge in [-0.2, -0.15) is 0 Å². The fraction of sp³-hybridized carbons (Fsp3) is 0.810. The quantitative estimate of drug-likeness (QED) is 0.661. The summed E-state index contributed by atoms with van der Waals surface area (Å²) in [5.41, 5.74) is 0. The van der Waals surface area contributed by atoms with Gasteiger partial charge in [0.1, 0.15) is 6.04 Å². The summed E-state index contributed by atoms with van der Waals surface area (Å²) in [7, 11) is 3.61. The van der Waals surface area contributed by atoms with Gasteiger partial charge in [-0.15, -0.1) is 11.8 Å². The molecule has 2 N–H and O–H groups in total. The average molecular weight is 439 g/mol. The molecule has 8 nitrogen and oxygen atoms in total. The Morgan fingerprint density at radius 2 is 1.33 bits per heavy atom. The van der Waals surface area contributed by atoms with Gasteiger partial charge in [0, 0.05) is 11.8 Å². The van der Waals surface area contributed by atoms with Crippen molar-refractivity contribution >= 4 is 35.1 Å². The molecule has 6 unspecified atom stereocenters. The first-order valence-electron chi connectivity index (χ1n) is 10.9. The first kappa shape index (κ1) is 23.2. The van der Waals surface area contributed by atoms with Crippen LogP contribution >= 0.6 is 11.8 Å². The molecule has 4 heterocycles. The molecule has 0 bridgehead atoms. The number of piperidine rings is 2. The minimum atomic E-state index is -0.191. The van der Waals surface area contributed by atoms with Gasteiger partial charge in [0.25, 0.3) is 0 Å². The van der Waals surface area contributed by atoms with Crippen LogP contribution in [0.5, 0.6) is 0 Å². The molecule has 0 aromatic rings. The van der Waals surface area contributed by atoms with E-state index in [1.165, 1.54) is 0 Å². The summed E-state index contributed by atoms with van der Waals surface area (Å²) in [5, 5.41) is 6.27. The molecule has 4 aliphatic heterocycles. The third-order valence-corrected chi connectivity index (χ3v) is 8.18. The van der Waals surface area contributed by atoms with Crippen LogP contribution in [0.25, 0.3) is 0 Å². The summed E-state index contributed by atoms with van der Waals surface area (Å²) < 4.78 is 0. The third-order valence-electron chi connectivity index (χ3n) is 6.83. The molecule has 0 saturated carbocycles. The molecule has 0 spiro atoms. The second-order valence-corrected chi connectivity index (χ2v) is 9.81. The molecule has 4 aliphatic rings. The van der Waals surface area contributed by atoms with E-state index in [9.17, 15) is 19.2 Å². The van der Waals surface area contributed by atoms with Gasteiger partial charge in [-0.1, -0.05) is 0 Å². The monoisotopic (exact) mass is 438 g/mol. The summed E-state index contributed by atoms with van der Waals surface area (Å²) in [6.07, 6.45) is 5.65. The van der Waals surface area contributed by atoms with Crippen molar-refractivity contribution < 1.29 is 19.2 Å². The fourth-order valence-electron chi connectivity index (χ4n) is 5.10. The van der Waals surface area contributed by atoms with Crippen LogP contribution in [0, 0.1) is 0 Å². The minimum Gasteiger partial charge on any atom is -0.328 e. The number of ketones is 2. The zero-order valence-corrected chi connectivity index (χ0v) is 19.2. The van der Waals surface area contributed by atoms with Crippen molar-refractivity contribution in [2.45, 2.75) is 88.0 Å². The highest BCUT2D eigenvalue weighted by atomic mass is 32.2. The summed E-state index contributed by atoms with van der Waals surface area (Å²) in [6.45, 7) is 3.16. The van der Waals surface area contributed by atoms with Crippen LogP contribution in [-0.2, 0) is 19.2 Å². The van der Waals surface area contributed by atoms with Crippen LogP contribution in [0.1, 0.15) is 52.4 Å². The maximum Gasteiger partial charge on any atom is 0.241 e. The van der Waals surface area contributed by atoms with E-state index in [2.05, 4.69) is 10.6 Å². The van der Waals surface area contributed by atoms with E-state index >= 15 is 0 Å². The highest BCUT2D eigenvalue weighted by Crippen LogP contribution is 2.36. The highest BCUT2D eigenvalue weighted by molar-refractivity contribution is 8.00. The molecule has 0 aromatic heterocycles. The lowest BCUT2D eigenvalue weighted by Gasteiger charge is -2.37. The Hall–Kier alpha value is -1.45. The van der Waals surface area contributed by atoms with Gasteiger partial charge in [0.05, 0.1) is 23.5 Å². The Morgan fingerprint density at radius 1 is 0.800 bits per heavy atom. The van der Waals surface area contributed by atoms with E-state index in [4.69, 9.17) is 0 Å². The van der Waals surface area contributed by atoms with Gasteiger partial charge in [-0.05, 0) is 66.5 Å². The zero-order chi connectivity index (χ0) is 22.0. The standard InChI is InChI=1S/C11H18N2O2.C10H16N2O2S/c1-7(14)10-6-4-8-3-5-9(12-2)11(15)13(8)10;1-6(13)8-5-15-9-4-3-7(11-2)10(14)12(8)9/h8-10,12H,3-6H2,1-2H3;7-9,11H,3-5H2,1-2H3. The predicted octanol–water partition coefficient (Wildman–Crippen LogP) is 0.544. The summed E-state index contributed by atoms with van der Waals surface area (Å²) in [5.74, 6) is 1.21. The molecule has 168 valence electrons. The van der Waals surface area contributed by atoms with Crippen molar-refractivity contribution in [1.29, 1.82) is 0 Å². The number of likely N-dealkylation sites (N-methyl/N-ethyl adjacent to an activating group) is 2.